The molecular weight excluding hydrogens is 252 g/mol. The third-order valence-corrected chi connectivity index (χ3v) is 3.72. The van der Waals surface area contributed by atoms with Crippen molar-refractivity contribution in [1.82, 2.24) is 0 Å². The predicted octanol–water partition coefficient (Wildman–Crippen LogP) is 2.75. The summed E-state index contributed by atoms with van der Waals surface area (Å²) in [7, 11) is 0. The summed E-state index contributed by atoms with van der Waals surface area (Å²) in [5.74, 6) is -0.156. The fraction of sp³-hybridized carbons (Fsp3) is 0.462. The van der Waals surface area contributed by atoms with Crippen molar-refractivity contribution < 1.29 is 9.90 Å². The van der Waals surface area contributed by atoms with Crippen molar-refractivity contribution in [2.24, 2.45) is 11.7 Å². The van der Waals surface area contributed by atoms with Gasteiger partial charge >= 0.3 is 0 Å². The van der Waals surface area contributed by atoms with Gasteiger partial charge < -0.3 is 16.2 Å². The predicted molar refractivity (Wildman–Crippen MR) is 72.1 cm³/mol. The van der Waals surface area contributed by atoms with Crippen LogP contribution in [0.5, 0.6) is 5.75 Å². The third kappa shape index (κ3) is 2.88. The minimum absolute atomic E-state index is 0.0476. The molecule has 1 aromatic rings. The summed E-state index contributed by atoms with van der Waals surface area (Å²) in [6, 6.07) is 2.85. The Bertz CT molecular complexity index is 457. The molecule has 0 saturated heterocycles. The molecule has 0 radical (unpaired) electrons. The van der Waals surface area contributed by atoms with E-state index in [2.05, 4.69) is 5.32 Å². The molecule has 4 N–H and O–H groups in total. The molecule has 0 aromatic heterocycles. The van der Waals surface area contributed by atoms with Crippen molar-refractivity contribution in [3.8, 4) is 5.75 Å². The zero-order valence-corrected chi connectivity index (χ0v) is 10.8. The van der Waals surface area contributed by atoms with Crippen LogP contribution in [0.4, 0.5) is 5.69 Å². The fourth-order valence-electron chi connectivity index (χ4n) is 2.36. The number of rotatable bonds is 4. The minimum atomic E-state index is -0.684. The largest absolute Gasteiger partial charge is 0.507 e. The van der Waals surface area contributed by atoms with E-state index in [9.17, 15) is 9.90 Å². The lowest BCUT2D eigenvalue weighted by molar-refractivity contribution is 0.0998. The van der Waals surface area contributed by atoms with Gasteiger partial charge in [0.05, 0.1) is 16.3 Å². The summed E-state index contributed by atoms with van der Waals surface area (Å²) >= 11 is 6.05. The second-order valence-electron chi connectivity index (χ2n) is 4.74. The van der Waals surface area contributed by atoms with Crippen LogP contribution in [-0.2, 0) is 0 Å². The zero-order chi connectivity index (χ0) is 13.1. The van der Waals surface area contributed by atoms with Gasteiger partial charge in [0, 0.05) is 12.6 Å². The Morgan fingerprint density at radius 1 is 1.44 bits per heavy atom. The summed E-state index contributed by atoms with van der Waals surface area (Å²) in [4.78, 5) is 11.0. The average Bonchev–Trinajstić information content (AvgIpc) is 2.82. The number of benzene rings is 1. The molecule has 1 saturated carbocycles. The second-order valence-corrected chi connectivity index (χ2v) is 5.15. The molecule has 1 aromatic carbocycles. The van der Waals surface area contributed by atoms with E-state index >= 15 is 0 Å². The number of phenols is 1. The summed E-state index contributed by atoms with van der Waals surface area (Å²) in [5.41, 5.74) is 5.82. The van der Waals surface area contributed by atoms with Gasteiger partial charge in [-0.2, -0.15) is 0 Å². The number of carbonyl (C=O) groups excluding carboxylic acids is 1. The maximum atomic E-state index is 11.0. The molecule has 1 amide bonds. The first kappa shape index (κ1) is 13.0. The number of aromatic hydroxyl groups is 1. The number of hydrogen-bond donors (Lipinski definition) is 3. The first-order valence-corrected chi connectivity index (χ1v) is 6.52. The van der Waals surface area contributed by atoms with Crippen LogP contribution in [0, 0.1) is 5.92 Å². The minimum Gasteiger partial charge on any atom is -0.507 e. The summed E-state index contributed by atoms with van der Waals surface area (Å²) in [5, 5.41) is 13.3. The van der Waals surface area contributed by atoms with Crippen molar-refractivity contribution >= 4 is 23.2 Å². The number of nitrogens with two attached hydrogens (primary N) is 1. The highest BCUT2D eigenvalue weighted by Crippen LogP contribution is 2.31. The Morgan fingerprint density at radius 3 is 2.72 bits per heavy atom. The van der Waals surface area contributed by atoms with Crippen molar-refractivity contribution in [2.45, 2.75) is 25.7 Å². The Morgan fingerprint density at radius 2 is 2.11 bits per heavy atom. The van der Waals surface area contributed by atoms with Crippen LogP contribution >= 0.6 is 11.6 Å². The monoisotopic (exact) mass is 268 g/mol. The molecule has 1 aliphatic rings. The topological polar surface area (TPSA) is 75.4 Å². The Labute approximate surface area is 111 Å². The lowest BCUT2D eigenvalue weighted by Gasteiger charge is -2.14. The molecule has 5 heteroatoms. The smallest absolute Gasteiger partial charge is 0.252 e. The van der Waals surface area contributed by atoms with Gasteiger partial charge in [0.15, 0.2) is 0 Å². The van der Waals surface area contributed by atoms with E-state index in [-0.39, 0.29) is 11.3 Å². The Balaban J connectivity index is 2.08. The van der Waals surface area contributed by atoms with Crippen LogP contribution in [0.15, 0.2) is 12.1 Å². The van der Waals surface area contributed by atoms with Crippen LogP contribution in [0.2, 0.25) is 5.02 Å². The van der Waals surface area contributed by atoms with E-state index in [1.165, 1.54) is 37.8 Å². The molecule has 0 bridgehead atoms. The molecule has 2 rings (SSSR count). The van der Waals surface area contributed by atoms with Crippen LogP contribution < -0.4 is 11.1 Å². The highest BCUT2D eigenvalue weighted by atomic mass is 35.5. The third-order valence-electron chi connectivity index (χ3n) is 3.41. The Kier molecular flexibility index (Phi) is 3.97. The van der Waals surface area contributed by atoms with E-state index in [4.69, 9.17) is 17.3 Å². The number of nitrogens with one attached hydrogen (secondary N) is 1. The van der Waals surface area contributed by atoms with Gasteiger partial charge in [-0.1, -0.05) is 24.4 Å². The molecule has 18 heavy (non-hydrogen) atoms. The molecule has 0 atom stereocenters. The van der Waals surface area contributed by atoms with Gasteiger partial charge in [0.1, 0.15) is 5.75 Å². The van der Waals surface area contributed by atoms with Crippen LogP contribution in [0.3, 0.4) is 0 Å². The molecule has 98 valence electrons. The average molecular weight is 269 g/mol. The van der Waals surface area contributed by atoms with E-state index in [1.54, 1.807) is 0 Å². The van der Waals surface area contributed by atoms with Gasteiger partial charge in [-0.3, -0.25) is 4.79 Å². The van der Waals surface area contributed by atoms with Crippen molar-refractivity contribution in [2.75, 3.05) is 11.9 Å². The number of amides is 1. The molecule has 0 heterocycles. The number of halogens is 1. The van der Waals surface area contributed by atoms with E-state index < -0.39 is 5.91 Å². The highest BCUT2D eigenvalue weighted by molar-refractivity contribution is 6.33. The summed E-state index contributed by atoms with van der Waals surface area (Å²) in [6.45, 7) is 0.842. The molecule has 1 aliphatic carbocycles. The first-order valence-electron chi connectivity index (χ1n) is 6.14. The van der Waals surface area contributed by atoms with Crippen LogP contribution in [0.1, 0.15) is 36.0 Å². The normalized spacial score (nSPS) is 15.8. The van der Waals surface area contributed by atoms with Crippen LogP contribution in [-0.4, -0.2) is 17.6 Å². The standard InChI is InChI=1S/C13H17ClN2O2/c14-10-5-9(13(15)18)12(17)6-11(10)16-7-8-3-1-2-4-8/h5-6,8,16-17H,1-4,7H2,(H2,15,18). The van der Waals surface area contributed by atoms with Crippen molar-refractivity contribution in [1.29, 1.82) is 0 Å². The summed E-state index contributed by atoms with van der Waals surface area (Å²) in [6.07, 6.45) is 5.03. The van der Waals surface area contributed by atoms with Crippen LogP contribution in [0.25, 0.3) is 0 Å². The molecule has 0 spiro atoms. The van der Waals surface area contributed by atoms with Gasteiger partial charge in [0.2, 0.25) is 0 Å². The number of carbonyl (C=O) groups is 1. The van der Waals surface area contributed by atoms with Crippen molar-refractivity contribution in [3.05, 3.63) is 22.7 Å². The fourth-order valence-corrected chi connectivity index (χ4v) is 2.59. The lowest BCUT2D eigenvalue weighted by atomic mass is 10.1. The zero-order valence-electron chi connectivity index (χ0n) is 10.1. The molecule has 4 nitrogen and oxygen atoms in total. The number of anilines is 1. The molecular formula is C13H17ClN2O2. The molecule has 0 unspecified atom stereocenters. The number of hydrogen-bond acceptors (Lipinski definition) is 3. The highest BCUT2D eigenvalue weighted by Gasteiger charge is 2.16. The Hall–Kier alpha value is -1.42. The summed E-state index contributed by atoms with van der Waals surface area (Å²) < 4.78 is 0. The van der Waals surface area contributed by atoms with Gasteiger partial charge in [-0.05, 0) is 24.8 Å². The van der Waals surface area contributed by atoms with E-state index in [0.717, 1.165) is 6.54 Å². The maximum Gasteiger partial charge on any atom is 0.252 e. The van der Waals surface area contributed by atoms with Gasteiger partial charge in [0.25, 0.3) is 5.91 Å². The van der Waals surface area contributed by atoms with E-state index in [1.807, 2.05) is 0 Å². The second kappa shape index (κ2) is 5.48. The van der Waals surface area contributed by atoms with Gasteiger partial charge in [-0.25, -0.2) is 0 Å². The number of primary amides is 1. The molecule has 1 fully saturated rings. The van der Waals surface area contributed by atoms with Gasteiger partial charge in [-0.15, -0.1) is 0 Å². The van der Waals surface area contributed by atoms with Crippen molar-refractivity contribution in [3.63, 3.8) is 0 Å². The quantitative estimate of drug-likeness (QED) is 0.786. The first-order chi connectivity index (χ1) is 8.58. The van der Waals surface area contributed by atoms with E-state index in [0.29, 0.717) is 16.6 Å². The molecule has 0 aliphatic heterocycles. The lowest BCUT2D eigenvalue weighted by Crippen LogP contribution is -2.13. The maximum absolute atomic E-state index is 11.0. The SMILES string of the molecule is NC(=O)c1cc(Cl)c(NCC2CCCC2)cc1O.